The number of fused-ring (bicyclic) bond motifs is 1. The number of aromatic nitrogens is 3. The lowest BCUT2D eigenvalue weighted by Crippen LogP contribution is -2.15. The van der Waals surface area contributed by atoms with Crippen LogP contribution in [-0.4, -0.2) is 27.8 Å². The fraction of sp³-hybridized carbons (Fsp3) is 0.250. The summed E-state index contributed by atoms with van der Waals surface area (Å²) in [4.78, 5) is 11.7. The Morgan fingerprint density at radius 1 is 1.29 bits per heavy atom. The summed E-state index contributed by atoms with van der Waals surface area (Å²) in [6.45, 7) is 3.36. The fourth-order valence-corrected chi connectivity index (χ4v) is 1.72. The highest BCUT2D eigenvalue weighted by atomic mass is 16.1. The fourth-order valence-electron chi connectivity index (χ4n) is 1.72. The zero-order valence-electron chi connectivity index (χ0n) is 10.1. The molecule has 88 valence electrons. The van der Waals surface area contributed by atoms with E-state index in [2.05, 4.69) is 15.6 Å². The van der Waals surface area contributed by atoms with Gasteiger partial charge in [0.25, 0.3) is 0 Å². The van der Waals surface area contributed by atoms with Crippen molar-refractivity contribution in [1.82, 2.24) is 20.3 Å². The standard InChI is InChI=1S/C12H14N4O/c1-8(13-3)12(9(2)17)16-11-7-5-4-6-10(11)14-15-16/h4-7,13H,1-3H3/b12-8+. The van der Waals surface area contributed by atoms with Gasteiger partial charge < -0.3 is 5.32 Å². The van der Waals surface area contributed by atoms with Crippen LogP contribution in [0.15, 0.2) is 30.0 Å². The van der Waals surface area contributed by atoms with Crippen LogP contribution in [0, 0.1) is 0 Å². The number of Topliss-reactive ketones (excluding diaryl/α,β-unsaturated/α-hetero) is 1. The molecule has 17 heavy (non-hydrogen) atoms. The molecule has 0 saturated carbocycles. The molecule has 0 spiro atoms. The van der Waals surface area contributed by atoms with E-state index in [4.69, 9.17) is 0 Å². The third kappa shape index (κ3) is 1.91. The van der Waals surface area contributed by atoms with Gasteiger partial charge in [0.1, 0.15) is 11.2 Å². The molecule has 0 aliphatic carbocycles. The molecule has 0 unspecified atom stereocenters. The normalized spacial score (nSPS) is 12.4. The van der Waals surface area contributed by atoms with Crippen LogP contribution in [0.25, 0.3) is 16.7 Å². The minimum Gasteiger partial charge on any atom is -0.390 e. The summed E-state index contributed by atoms with van der Waals surface area (Å²) >= 11 is 0. The van der Waals surface area contributed by atoms with Gasteiger partial charge in [-0.1, -0.05) is 17.3 Å². The summed E-state index contributed by atoms with van der Waals surface area (Å²) in [7, 11) is 1.78. The molecule has 2 aromatic rings. The van der Waals surface area contributed by atoms with Crippen LogP contribution >= 0.6 is 0 Å². The summed E-state index contributed by atoms with van der Waals surface area (Å²) in [5.41, 5.74) is 2.89. The second-order valence-electron chi connectivity index (χ2n) is 3.77. The predicted molar refractivity (Wildman–Crippen MR) is 66.2 cm³/mol. The number of hydrogen-bond acceptors (Lipinski definition) is 4. The van der Waals surface area contributed by atoms with Gasteiger partial charge in [-0.25, -0.2) is 4.68 Å². The van der Waals surface area contributed by atoms with E-state index in [0.29, 0.717) is 5.70 Å². The van der Waals surface area contributed by atoms with Crippen molar-refractivity contribution < 1.29 is 4.79 Å². The molecule has 0 atom stereocenters. The molecule has 0 saturated heterocycles. The molecule has 0 aliphatic heterocycles. The molecule has 5 nitrogen and oxygen atoms in total. The molecule has 0 radical (unpaired) electrons. The Morgan fingerprint density at radius 3 is 2.65 bits per heavy atom. The quantitative estimate of drug-likeness (QED) is 0.810. The summed E-state index contributed by atoms with van der Waals surface area (Å²) in [6, 6.07) is 7.55. The van der Waals surface area contributed by atoms with Crippen LogP contribution in [-0.2, 0) is 4.79 Å². The minimum absolute atomic E-state index is 0.0486. The Hall–Kier alpha value is -2.17. The lowest BCUT2D eigenvalue weighted by molar-refractivity contribution is -0.112. The Labute approximate surface area is 99.1 Å². The number of carbonyl (C=O) groups is 1. The summed E-state index contributed by atoms with van der Waals surface area (Å²) in [5, 5.41) is 11.0. The number of benzene rings is 1. The van der Waals surface area contributed by atoms with Crippen LogP contribution < -0.4 is 5.32 Å². The average Bonchev–Trinajstić information content (AvgIpc) is 2.73. The van der Waals surface area contributed by atoms with Crippen LogP contribution in [0.2, 0.25) is 0 Å². The molecule has 0 bridgehead atoms. The largest absolute Gasteiger partial charge is 0.390 e. The Bertz CT molecular complexity index is 597. The number of carbonyl (C=O) groups excluding carboxylic acids is 1. The minimum atomic E-state index is -0.0486. The smallest absolute Gasteiger partial charge is 0.180 e. The van der Waals surface area contributed by atoms with Gasteiger partial charge in [0, 0.05) is 19.7 Å². The Morgan fingerprint density at radius 2 is 2.00 bits per heavy atom. The highest BCUT2D eigenvalue weighted by molar-refractivity contribution is 6.15. The summed E-state index contributed by atoms with van der Waals surface area (Å²) in [6.07, 6.45) is 0. The second kappa shape index (κ2) is 4.37. The number of para-hydroxylation sites is 1. The first kappa shape index (κ1) is 11.3. The van der Waals surface area contributed by atoms with Crippen LogP contribution in [0.4, 0.5) is 0 Å². The molecule has 0 aliphatic rings. The predicted octanol–water partition coefficient (Wildman–Crippen LogP) is 1.43. The van der Waals surface area contributed by atoms with E-state index in [1.165, 1.54) is 6.92 Å². The van der Waals surface area contributed by atoms with Crippen molar-refractivity contribution in [2.24, 2.45) is 0 Å². The Kier molecular flexibility index (Phi) is 2.91. The van der Waals surface area contributed by atoms with Crippen molar-refractivity contribution in [2.75, 3.05) is 7.05 Å². The first-order valence-corrected chi connectivity index (χ1v) is 5.35. The molecule has 1 N–H and O–H groups in total. The molecular formula is C12H14N4O. The molecule has 2 rings (SSSR count). The van der Waals surface area contributed by atoms with Gasteiger partial charge in [0.2, 0.25) is 0 Å². The number of hydrogen-bond donors (Lipinski definition) is 1. The number of nitrogens with one attached hydrogen (secondary N) is 1. The summed E-state index contributed by atoms with van der Waals surface area (Å²) < 4.78 is 1.57. The van der Waals surface area contributed by atoms with Crippen molar-refractivity contribution in [3.05, 3.63) is 30.0 Å². The second-order valence-corrected chi connectivity index (χ2v) is 3.77. The van der Waals surface area contributed by atoms with Crippen LogP contribution in [0.5, 0.6) is 0 Å². The van der Waals surface area contributed by atoms with Gasteiger partial charge in [-0.15, -0.1) is 5.10 Å². The third-order valence-electron chi connectivity index (χ3n) is 2.63. The number of allylic oxidation sites excluding steroid dienone is 2. The van der Waals surface area contributed by atoms with Crippen molar-refractivity contribution in [3.63, 3.8) is 0 Å². The van der Waals surface area contributed by atoms with Gasteiger partial charge in [0.15, 0.2) is 5.78 Å². The van der Waals surface area contributed by atoms with E-state index < -0.39 is 0 Å². The van der Waals surface area contributed by atoms with Gasteiger partial charge >= 0.3 is 0 Å². The van der Waals surface area contributed by atoms with E-state index in [-0.39, 0.29) is 5.78 Å². The van der Waals surface area contributed by atoms with E-state index in [9.17, 15) is 4.79 Å². The van der Waals surface area contributed by atoms with Gasteiger partial charge in [-0.05, 0) is 19.1 Å². The highest BCUT2D eigenvalue weighted by Crippen LogP contribution is 2.17. The lowest BCUT2D eigenvalue weighted by atomic mass is 10.2. The highest BCUT2D eigenvalue weighted by Gasteiger charge is 2.14. The van der Waals surface area contributed by atoms with Crippen LogP contribution in [0.1, 0.15) is 13.8 Å². The number of nitrogens with zero attached hydrogens (tertiary/aromatic N) is 3. The first-order valence-electron chi connectivity index (χ1n) is 5.35. The molecule has 1 heterocycles. The monoisotopic (exact) mass is 230 g/mol. The molecule has 0 fully saturated rings. The molecule has 1 aromatic heterocycles. The molecular weight excluding hydrogens is 216 g/mol. The first-order chi connectivity index (χ1) is 8.15. The maximum atomic E-state index is 11.7. The topological polar surface area (TPSA) is 59.8 Å². The number of ketones is 1. The van der Waals surface area contributed by atoms with E-state index in [1.807, 2.05) is 31.2 Å². The van der Waals surface area contributed by atoms with Crippen LogP contribution in [0.3, 0.4) is 0 Å². The van der Waals surface area contributed by atoms with E-state index >= 15 is 0 Å². The average molecular weight is 230 g/mol. The van der Waals surface area contributed by atoms with Crippen molar-refractivity contribution in [2.45, 2.75) is 13.8 Å². The Balaban J connectivity index is 2.70. The zero-order valence-corrected chi connectivity index (χ0v) is 10.1. The lowest BCUT2D eigenvalue weighted by Gasteiger charge is -2.09. The summed E-state index contributed by atoms with van der Waals surface area (Å²) in [5.74, 6) is -0.0486. The third-order valence-corrected chi connectivity index (χ3v) is 2.63. The van der Waals surface area contributed by atoms with Crippen molar-refractivity contribution >= 4 is 22.5 Å². The van der Waals surface area contributed by atoms with Gasteiger partial charge in [0.05, 0.1) is 5.52 Å². The van der Waals surface area contributed by atoms with Gasteiger partial charge in [-0.3, -0.25) is 4.79 Å². The van der Waals surface area contributed by atoms with Crippen molar-refractivity contribution in [1.29, 1.82) is 0 Å². The van der Waals surface area contributed by atoms with Gasteiger partial charge in [-0.2, -0.15) is 0 Å². The maximum Gasteiger partial charge on any atom is 0.180 e. The van der Waals surface area contributed by atoms with E-state index in [1.54, 1.807) is 11.7 Å². The van der Waals surface area contributed by atoms with E-state index in [0.717, 1.165) is 16.7 Å². The van der Waals surface area contributed by atoms with Crippen molar-refractivity contribution in [3.8, 4) is 0 Å². The zero-order chi connectivity index (χ0) is 12.4. The SMILES string of the molecule is CN/C(C)=C(\C(C)=O)n1nnc2ccccc21. The molecule has 5 heteroatoms. The molecule has 0 amide bonds. The molecule has 1 aromatic carbocycles. The maximum absolute atomic E-state index is 11.7. The number of rotatable bonds is 3.